The SMILES string of the molecule is CC(C)COC(=O)[C@@H](N)Cc1ccccc1F. The van der Waals surface area contributed by atoms with Crippen LogP contribution in [0.4, 0.5) is 4.39 Å². The van der Waals surface area contributed by atoms with E-state index < -0.39 is 12.0 Å². The highest BCUT2D eigenvalue weighted by Gasteiger charge is 2.17. The molecule has 0 saturated heterocycles. The lowest BCUT2D eigenvalue weighted by molar-refractivity contribution is -0.146. The van der Waals surface area contributed by atoms with Gasteiger partial charge in [-0.1, -0.05) is 32.0 Å². The van der Waals surface area contributed by atoms with E-state index in [2.05, 4.69) is 0 Å². The molecule has 0 unspecified atom stereocenters. The molecule has 94 valence electrons. The van der Waals surface area contributed by atoms with Crippen LogP contribution in [0.2, 0.25) is 0 Å². The first-order chi connectivity index (χ1) is 8.00. The molecule has 0 aliphatic carbocycles. The van der Waals surface area contributed by atoms with Gasteiger partial charge in [-0.2, -0.15) is 0 Å². The fourth-order valence-corrected chi connectivity index (χ4v) is 1.34. The van der Waals surface area contributed by atoms with E-state index in [1.807, 2.05) is 13.8 Å². The quantitative estimate of drug-likeness (QED) is 0.798. The first kappa shape index (κ1) is 13.6. The molecular formula is C13H18FNO2. The Kier molecular flexibility index (Phi) is 5.10. The van der Waals surface area contributed by atoms with Crippen molar-refractivity contribution in [2.45, 2.75) is 26.3 Å². The largest absolute Gasteiger partial charge is 0.464 e. The summed E-state index contributed by atoms with van der Waals surface area (Å²) in [5, 5.41) is 0. The number of ether oxygens (including phenoxy) is 1. The molecule has 0 fully saturated rings. The Morgan fingerprint density at radius 3 is 2.65 bits per heavy atom. The molecule has 0 aromatic heterocycles. The minimum Gasteiger partial charge on any atom is -0.464 e. The smallest absolute Gasteiger partial charge is 0.323 e. The van der Waals surface area contributed by atoms with Crippen molar-refractivity contribution in [2.24, 2.45) is 11.7 Å². The molecule has 2 N–H and O–H groups in total. The third-order valence-corrected chi connectivity index (χ3v) is 2.26. The molecule has 0 amide bonds. The first-order valence-electron chi connectivity index (χ1n) is 5.66. The fraction of sp³-hybridized carbons (Fsp3) is 0.462. The van der Waals surface area contributed by atoms with Crippen molar-refractivity contribution in [1.29, 1.82) is 0 Å². The summed E-state index contributed by atoms with van der Waals surface area (Å²) in [4.78, 5) is 11.5. The Morgan fingerprint density at radius 2 is 2.06 bits per heavy atom. The van der Waals surface area contributed by atoms with Gasteiger partial charge in [-0.25, -0.2) is 4.39 Å². The molecule has 0 radical (unpaired) electrons. The van der Waals surface area contributed by atoms with E-state index in [0.29, 0.717) is 12.2 Å². The molecule has 3 nitrogen and oxygen atoms in total. The number of benzene rings is 1. The van der Waals surface area contributed by atoms with Gasteiger partial charge in [0.05, 0.1) is 6.61 Å². The molecule has 0 saturated carbocycles. The maximum absolute atomic E-state index is 13.3. The molecule has 4 heteroatoms. The number of carbonyl (C=O) groups excluding carboxylic acids is 1. The maximum atomic E-state index is 13.3. The molecule has 1 aromatic rings. The van der Waals surface area contributed by atoms with Gasteiger partial charge in [0, 0.05) is 6.42 Å². The summed E-state index contributed by atoms with van der Waals surface area (Å²) in [6.45, 7) is 4.22. The van der Waals surface area contributed by atoms with Gasteiger partial charge in [0.2, 0.25) is 0 Å². The number of hydrogen-bond acceptors (Lipinski definition) is 3. The molecule has 0 spiro atoms. The zero-order valence-corrected chi connectivity index (χ0v) is 10.2. The molecular weight excluding hydrogens is 221 g/mol. The van der Waals surface area contributed by atoms with Gasteiger partial charge in [0.25, 0.3) is 0 Å². The topological polar surface area (TPSA) is 52.3 Å². The van der Waals surface area contributed by atoms with Crippen LogP contribution in [0.25, 0.3) is 0 Å². The Labute approximate surface area is 101 Å². The third kappa shape index (κ3) is 4.53. The summed E-state index contributed by atoms with van der Waals surface area (Å²) in [7, 11) is 0. The molecule has 1 aromatic carbocycles. The average Bonchev–Trinajstić information content (AvgIpc) is 2.28. The van der Waals surface area contributed by atoms with E-state index in [4.69, 9.17) is 10.5 Å². The van der Waals surface area contributed by atoms with Crippen molar-refractivity contribution < 1.29 is 13.9 Å². The number of rotatable bonds is 5. The van der Waals surface area contributed by atoms with Gasteiger partial charge < -0.3 is 10.5 Å². The fourth-order valence-electron chi connectivity index (χ4n) is 1.34. The van der Waals surface area contributed by atoms with E-state index >= 15 is 0 Å². The van der Waals surface area contributed by atoms with Crippen molar-refractivity contribution in [3.63, 3.8) is 0 Å². The van der Waals surface area contributed by atoms with Gasteiger partial charge >= 0.3 is 5.97 Å². The Balaban J connectivity index is 2.51. The van der Waals surface area contributed by atoms with Gasteiger partial charge in [-0.3, -0.25) is 4.79 Å². The predicted molar refractivity (Wildman–Crippen MR) is 63.9 cm³/mol. The summed E-state index contributed by atoms with van der Waals surface area (Å²) < 4.78 is 18.3. The molecule has 17 heavy (non-hydrogen) atoms. The predicted octanol–water partition coefficient (Wildman–Crippen LogP) is 1.89. The molecule has 1 rings (SSSR count). The van der Waals surface area contributed by atoms with E-state index in [9.17, 15) is 9.18 Å². The first-order valence-corrected chi connectivity index (χ1v) is 5.66. The Morgan fingerprint density at radius 1 is 1.41 bits per heavy atom. The van der Waals surface area contributed by atoms with E-state index in [-0.39, 0.29) is 18.2 Å². The van der Waals surface area contributed by atoms with Gasteiger partial charge in [-0.15, -0.1) is 0 Å². The van der Waals surface area contributed by atoms with E-state index in [0.717, 1.165) is 0 Å². The molecule has 0 aliphatic rings. The molecule has 0 aliphatic heterocycles. The number of carbonyl (C=O) groups is 1. The van der Waals surface area contributed by atoms with Crippen molar-refractivity contribution in [1.82, 2.24) is 0 Å². The summed E-state index contributed by atoms with van der Waals surface area (Å²) in [5.74, 6) is -0.568. The van der Waals surface area contributed by atoms with Gasteiger partial charge in [0.15, 0.2) is 0 Å². The van der Waals surface area contributed by atoms with Crippen LogP contribution in [0.5, 0.6) is 0 Å². The van der Waals surface area contributed by atoms with Crippen LogP contribution in [0.3, 0.4) is 0 Å². The lowest BCUT2D eigenvalue weighted by Crippen LogP contribution is -2.35. The van der Waals surface area contributed by atoms with Crippen molar-refractivity contribution in [2.75, 3.05) is 6.61 Å². The maximum Gasteiger partial charge on any atom is 0.323 e. The monoisotopic (exact) mass is 239 g/mol. The number of esters is 1. The van der Waals surface area contributed by atoms with Crippen LogP contribution in [0.1, 0.15) is 19.4 Å². The van der Waals surface area contributed by atoms with Gasteiger partial charge in [0.1, 0.15) is 11.9 Å². The van der Waals surface area contributed by atoms with Crippen LogP contribution in [-0.4, -0.2) is 18.6 Å². The average molecular weight is 239 g/mol. The molecule has 1 atom stereocenters. The number of halogens is 1. The third-order valence-electron chi connectivity index (χ3n) is 2.26. The van der Waals surface area contributed by atoms with Crippen LogP contribution in [0, 0.1) is 11.7 Å². The normalized spacial score (nSPS) is 12.5. The minimum atomic E-state index is -0.814. The molecule has 0 heterocycles. The number of nitrogens with two attached hydrogens (primary N) is 1. The second-order valence-electron chi connectivity index (χ2n) is 4.43. The van der Waals surface area contributed by atoms with Crippen molar-refractivity contribution in [3.8, 4) is 0 Å². The minimum absolute atomic E-state index is 0.156. The standard InChI is InChI=1S/C13H18FNO2/c1-9(2)8-17-13(16)12(15)7-10-5-3-4-6-11(10)14/h3-6,9,12H,7-8,15H2,1-2H3/t12-/m0/s1. The van der Waals surface area contributed by atoms with E-state index in [1.165, 1.54) is 6.07 Å². The van der Waals surface area contributed by atoms with Crippen LogP contribution < -0.4 is 5.73 Å². The van der Waals surface area contributed by atoms with Gasteiger partial charge in [-0.05, 0) is 17.5 Å². The highest BCUT2D eigenvalue weighted by Crippen LogP contribution is 2.09. The zero-order valence-electron chi connectivity index (χ0n) is 10.2. The highest BCUT2D eigenvalue weighted by molar-refractivity contribution is 5.75. The van der Waals surface area contributed by atoms with Crippen molar-refractivity contribution in [3.05, 3.63) is 35.6 Å². The summed E-state index contributed by atoms with van der Waals surface area (Å²) >= 11 is 0. The summed E-state index contributed by atoms with van der Waals surface area (Å²) in [5.41, 5.74) is 6.10. The second kappa shape index (κ2) is 6.35. The lowest BCUT2D eigenvalue weighted by Gasteiger charge is -2.13. The van der Waals surface area contributed by atoms with Crippen LogP contribution in [0.15, 0.2) is 24.3 Å². The Bertz CT molecular complexity index is 379. The van der Waals surface area contributed by atoms with Crippen LogP contribution >= 0.6 is 0 Å². The molecule has 0 bridgehead atoms. The second-order valence-corrected chi connectivity index (χ2v) is 4.43. The summed E-state index contributed by atoms with van der Waals surface area (Å²) in [6, 6.07) is 5.46. The van der Waals surface area contributed by atoms with E-state index in [1.54, 1.807) is 18.2 Å². The zero-order chi connectivity index (χ0) is 12.8. The summed E-state index contributed by atoms with van der Waals surface area (Å²) in [6.07, 6.45) is 0.156. The highest BCUT2D eigenvalue weighted by atomic mass is 19.1. The van der Waals surface area contributed by atoms with Crippen molar-refractivity contribution >= 4 is 5.97 Å². The van der Waals surface area contributed by atoms with Crippen LogP contribution in [-0.2, 0) is 16.0 Å². The number of hydrogen-bond donors (Lipinski definition) is 1. The lowest BCUT2D eigenvalue weighted by atomic mass is 10.1. The Hall–Kier alpha value is -1.42.